The molecule has 0 saturated heterocycles. The molecule has 21 heavy (non-hydrogen) atoms. The highest BCUT2D eigenvalue weighted by Gasteiger charge is 2.16. The van der Waals surface area contributed by atoms with Crippen molar-refractivity contribution in [2.75, 3.05) is 30.7 Å². The molecule has 1 aromatic heterocycles. The van der Waals surface area contributed by atoms with Crippen molar-refractivity contribution in [3.63, 3.8) is 0 Å². The van der Waals surface area contributed by atoms with Gasteiger partial charge in [-0.25, -0.2) is 0 Å². The summed E-state index contributed by atoms with van der Waals surface area (Å²) in [5, 5.41) is 4.42. The highest BCUT2D eigenvalue weighted by atomic mass is 32.1. The first-order valence-corrected chi connectivity index (χ1v) is 8.65. The maximum atomic E-state index is 5.87. The second kappa shape index (κ2) is 9.10. The first kappa shape index (κ1) is 18.0. The molecule has 0 aromatic carbocycles. The standard InChI is InChI=1S/C15H30N4OS/c1-6-19(7-2)10-8-9-12(5)17-15-13(20-11(3)4)14(16)18-21-15/h11-12,17H,6-10H2,1-5H3,(H2,16,18). The van der Waals surface area contributed by atoms with E-state index in [1.54, 1.807) is 0 Å². The Morgan fingerprint density at radius 3 is 2.52 bits per heavy atom. The minimum Gasteiger partial charge on any atom is -0.484 e. The van der Waals surface area contributed by atoms with Gasteiger partial charge in [-0.05, 0) is 64.8 Å². The largest absolute Gasteiger partial charge is 0.484 e. The third-order valence-corrected chi connectivity index (χ3v) is 4.18. The van der Waals surface area contributed by atoms with Crippen LogP contribution in [0.25, 0.3) is 0 Å². The maximum Gasteiger partial charge on any atom is 0.197 e. The van der Waals surface area contributed by atoms with Crippen LogP contribution in [0.15, 0.2) is 0 Å². The minimum atomic E-state index is 0.0993. The molecule has 0 saturated carbocycles. The van der Waals surface area contributed by atoms with Crippen molar-refractivity contribution < 1.29 is 4.74 Å². The Morgan fingerprint density at radius 1 is 1.29 bits per heavy atom. The summed E-state index contributed by atoms with van der Waals surface area (Å²) in [6.07, 6.45) is 2.40. The molecule has 0 amide bonds. The topological polar surface area (TPSA) is 63.4 Å². The Bertz CT molecular complexity index is 404. The summed E-state index contributed by atoms with van der Waals surface area (Å²) < 4.78 is 9.93. The van der Waals surface area contributed by atoms with E-state index in [9.17, 15) is 0 Å². The SMILES string of the molecule is CCN(CC)CCCC(C)Nc1snc(N)c1OC(C)C. The van der Waals surface area contributed by atoms with Crippen LogP contribution in [0.5, 0.6) is 5.75 Å². The van der Waals surface area contributed by atoms with Gasteiger partial charge in [-0.2, -0.15) is 4.37 Å². The summed E-state index contributed by atoms with van der Waals surface area (Å²) in [7, 11) is 0. The number of nitrogens with zero attached hydrogens (tertiary/aromatic N) is 2. The minimum absolute atomic E-state index is 0.0993. The molecular formula is C15H30N4OS. The van der Waals surface area contributed by atoms with Crippen molar-refractivity contribution in [2.45, 2.75) is 59.6 Å². The second-order valence-electron chi connectivity index (χ2n) is 5.61. The summed E-state index contributed by atoms with van der Waals surface area (Å²) >= 11 is 1.37. The molecule has 1 rings (SSSR count). The summed E-state index contributed by atoms with van der Waals surface area (Å²) in [5.41, 5.74) is 5.87. The van der Waals surface area contributed by atoms with Crippen LogP contribution in [-0.4, -0.2) is 41.1 Å². The van der Waals surface area contributed by atoms with Crippen LogP contribution in [0.4, 0.5) is 10.8 Å². The molecule has 1 aromatic rings. The number of aromatic nitrogens is 1. The van der Waals surface area contributed by atoms with E-state index < -0.39 is 0 Å². The monoisotopic (exact) mass is 314 g/mol. The van der Waals surface area contributed by atoms with Crippen LogP contribution in [0.3, 0.4) is 0 Å². The Labute approximate surface area is 133 Å². The van der Waals surface area contributed by atoms with E-state index in [-0.39, 0.29) is 6.10 Å². The predicted molar refractivity (Wildman–Crippen MR) is 92.4 cm³/mol. The molecule has 0 aliphatic carbocycles. The van der Waals surface area contributed by atoms with E-state index in [1.807, 2.05) is 13.8 Å². The normalized spacial score (nSPS) is 12.9. The summed E-state index contributed by atoms with van der Waals surface area (Å²) in [5.74, 6) is 1.18. The molecule has 6 heteroatoms. The van der Waals surface area contributed by atoms with Crippen LogP contribution in [0.1, 0.15) is 47.5 Å². The lowest BCUT2D eigenvalue weighted by Gasteiger charge is -2.20. The number of anilines is 2. The van der Waals surface area contributed by atoms with E-state index in [4.69, 9.17) is 10.5 Å². The van der Waals surface area contributed by atoms with Crippen molar-refractivity contribution >= 4 is 22.4 Å². The number of nitrogen functional groups attached to an aromatic ring is 1. The van der Waals surface area contributed by atoms with Crippen molar-refractivity contribution in [3.8, 4) is 5.75 Å². The lowest BCUT2D eigenvalue weighted by Crippen LogP contribution is -2.25. The van der Waals surface area contributed by atoms with Gasteiger partial charge in [0, 0.05) is 6.04 Å². The van der Waals surface area contributed by atoms with Crippen LogP contribution in [0, 0.1) is 0 Å². The van der Waals surface area contributed by atoms with Gasteiger partial charge >= 0.3 is 0 Å². The van der Waals surface area contributed by atoms with E-state index in [2.05, 4.69) is 35.4 Å². The molecule has 0 radical (unpaired) electrons. The highest BCUT2D eigenvalue weighted by molar-refractivity contribution is 7.11. The van der Waals surface area contributed by atoms with Crippen LogP contribution in [0.2, 0.25) is 0 Å². The smallest absolute Gasteiger partial charge is 0.197 e. The quantitative estimate of drug-likeness (QED) is 0.692. The third kappa shape index (κ3) is 6.09. The molecular weight excluding hydrogens is 284 g/mol. The lowest BCUT2D eigenvalue weighted by molar-refractivity contribution is 0.245. The Kier molecular flexibility index (Phi) is 7.82. The van der Waals surface area contributed by atoms with Gasteiger partial charge in [0.25, 0.3) is 0 Å². The summed E-state index contributed by atoms with van der Waals surface area (Å²) in [6, 6.07) is 0.384. The lowest BCUT2D eigenvalue weighted by atomic mass is 10.2. The Hall–Kier alpha value is -1.01. The zero-order chi connectivity index (χ0) is 15.8. The Balaban J connectivity index is 2.46. The Morgan fingerprint density at radius 2 is 1.95 bits per heavy atom. The molecule has 1 atom stereocenters. The van der Waals surface area contributed by atoms with Gasteiger partial charge < -0.3 is 20.7 Å². The fraction of sp³-hybridized carbons (Fsp3) is 0.800. The molecule has 0 bridgehead atoms. The van der Waals surface area contributed by atoms with Gasteiger partial charge in [-0.1, -0.05) is 13.8 Å². The van der Waals surface area contributed by atoms with Gasteiger partial charge in [0.2, 0.25) is 0 Å². The summed E-state index contributed by atoms with van der Waals surface area (Å²) in [6.45, 7) is 14.0. The first-order chi connectivity index (χ1) is 9.97. The molecule has 3 N–H and O–H groups in total. The zero-order valence-corrected chi connectivity index (χ0v) is 14.8. The van der Waals surface area contributed by atoms with Crippen LogP contribution >= 0.6 is 11.5 Å². The molecule has 0 fully saturated rings. The van der Waals surface area contributed by atoms with Gasteiger partial charge in [0.15, 0.2) is 16.6 Å². The molecule has 1 heterocycles. The number of hydrogen-bond donors (Lipinski definition) is 2. The second-order valence-corrected chi connectivity index (χ2v) is 6.38. The molecule has 1 unspecified atom stereocenters. The molecule has 0 spiro atoms. The van der Waals surface area contributed by atoms with Crippen molar-refractivity contribution in [1.82, 2.24) is 9.27 Å². The van der Waals surface area contributed by atoms with Crippen molar-refractivity contribution in [1.29, 1.82) is 0 Å². The molecule has 5 nitrogen and oxygen atoms in total. The summed E-state index contributed by atoms with van der Waals surface area (Å²) in [4.78, 5) is 2.45. The van der Waals surface area contributed by atoms with Gasteiger partial charge in [-0.3, -0.25) is 0 Å². The number of nitrogens with two attached hydrogens (primary N) is 1. The zero-order valence-electron chi connectivity index (χ0n) is 14.0. The van der Waals surface area contributed by atoms with E-state index >= 15 is 0 Å². The molecule has 0 aliphatic heterocycles. The number of nitrogens with one attached hydrogen (secondary N) is 1. The average Bonchev–Trinajstić information content (AvgIpc) is 2.76. The molecule has 122 valence electrons. The number of hydrogen-bond acceptors (Lipinski definition) is 6. The highest BCUT2D eigenvalue weighted by Crippen LogP contribution is 2.36. The van der Waals surface area contributed by atoms with E-state index in [0.717, 1.165) is 31.1 Å². The van der Waals surface area contributed by atoms with Crippen molar-refractivity contribution in [2.24, 2.45) is 0 Å². The molecule has 0 aliphatic rings. The maximum absolute atomic E-state index is 5.87. The third-order valence-electron chi connectivity index (χ3n) is 3.41. The number of ether oxygens (including phenoxy) is 1. The van der Waals surface area contributed by atoms with Gasteiger partial charge in [-0.15, -0.1) is 0 Å². The fourth-order valence-electron chi connectivity index (χ4n) is 2.19. The number of rotatable bonds is 10. The first-order valence-electron chi connectivity index (χ1n) is 7.88. The van der Waals surface area contributed by atoms with E-state index in [0.29, 0.717) is 17.6 Å². The van der Waals surface area contributed by atoms with Crippen LogP contribution < -0.4 is 15.8 Å². The van der Waals surface area contributed by atoms with Gasteiger partial charge in [0.1, 0.15) is 0 Å². The fourth-order valence-corrected chi connectivity index (χ4v) is 2.95. The van der Waals surface area contributed by atoms with Crippen molar-refractivity contribution in [3.05, 3.63) is 0 Å². The van der Waals surface area contributed by atoms with Crippen LogP contribution in [-0.2, 0) is 0 Å². The predicted octanol–water partition coefficient (Wildman–Crippen LogP) is 3.43. The van der Waals surface area contributed by atoms with Gasteiger partial charge in [0.05, 0.1) is 6.10 Å². The van der Waals surface area contributed by atoms with E-state index in [1.165, 1.54) is 18.0 Å². The average molecular weight is 314 g/mol.